The van der Waals surface area contributed by atoms with E-state index >= 15 is 0 Å². The molecule has 4 saturated carbocycles. The van der Waals surface area contributed by atoms with Crippen molar-refractivity contribution in [3.63, 3.8) is 0 Å². The molecule has 4 aliphatic carbocycles. The Morgan fingerprint density at radius 1 is 1.10 bits per heavy atom. The fraction of sp³-hybridized carbons (Fsp3) is 0.719. The molecule has 0 spiro atoms. The lowest BCUT2D eigenvalue weighted by atomic mass is 9.52. The normalized spacial score (nSPS) is 28.6. The van der Waals surface area contributed by atoms with Crippen molar-refractivity contribution < 1.29 is 13.9 Å². The zero-order valence-electron chi connectivity index (χ0n) is 26.5. The topological polar surface area (TPSA) is 57.5 Å². The molecule has 40 heavy (non-hydrogen) atoms. The fourth-order valence-corrected chi connectivity index (χ4v) is 9.79. The van der Waals surface area contributed by atoms with Crippen LogP contribution < -0.4 is 5.32 Å². The number of pyridine rings is 1. The van der Waals surface area contributed by atoms with Crippen LogP contribution in [0.5, 0.6) is 0 Å². The van der Waals surface area contributed by atoms with Crippen LogP contribution >= 0.6 is 0 Å². The van der Waals surface area contributed by atoms with Crippen LogP contribution in [0.4, 0.5) is 5.69 Å². The first-order chi connectivity index (χ1) is 18.7. The van der Waals surface area contributed by atoms with Gasteiger partial charge in [-0.2, -0.15) is 0 Å². The Bertz CT molecular complexity index is 1210. The van der Waals surface area contributed by atoms with Crippen LogP contribution in [0.3, 0.4) is 0 Å². The zero-order valence-corrected chi connectivity index (χ0v) is 28.5. The zero-order chi connectivity index (χ0) is 28.9. The number of nitrogens with zero attached hydrogens (tertiary/aromatic N) is 2. The maximum absolute atomic E-state index is 7.28. The smallest absolute Gasteiger partial charge is 0.192 e. The van der Waals surface area contributed by atoms with Gasteiger partial charge in [0.25, 0.3) is 0 Å². The molecule has 0 amide bonds. The second-order valence-corrected chi connectivity index (χ2v) is 26.0. The van der Waals surface area contributed by atoms with Gasteiger partial charge in [-0.3, -0.25) is 0 Å². The quantitative estimate of drug-likeness (QED) is 0.164. The van der Waals surface area contributed by atoms with E-state index in [9.17, 15) is 0 Å². The van der Waals surface area contributed by atoms with Crippen LogP contribution in [0.25, 0.3) is 17.1 Å². The average Bonchev–Trinajstić information content (AvgIpc) is 3.24. The summed E-state index contributed by atoms with van der Waals surface area (Å²) in [6.07, 6.45) is 14.2. The number of rotatable bonds is 11. The largest absolute Gasteiger partial charge is 0.504 e. The van der Waals surface area contributed by atoms with Gasteiger partial charge in [0.15, 0.2) is 8.32 Å². The number of ether oxygens (including phenoxy) is 2. The summed E-state index contributed by atoms with van der Waals surface area (Å²) in [5.41, 5.74) is 3.32. The van der Waals surface area contributed by atoms with Gasteiger partial charge >= 0.3 is 0 Å². The van der Waals surface area contributed by atoms with Crippen molar-refractivity contribution in [2.75, 3.05) is 19.0 Å². The third-order valence-corrected chi connectivity index (χ3v) is 16.5. The van der Waals surface area contributed by atoms with E-state index in [0.717, 1.165) is 29.1 Å². The molecule has 4 bridgehead atoms. The van der Waals surface area contributed by atoms with Crippen LogP contribution in [0, 0.1) is 17.8 Å². The van der Waals surface area contributed by atoms with Crippen molar-refractivity contribution in [2.45, 2.75) is 115 Å². The highest BCUT2D eigenvalue weighted by Crippen LogP contribution is 2.59. The van der Waals surface area contributed by atoms with Crippen molar-refractivity contribution in [3.05, 3.63) is 30.3 Å². The lowest BCUT2D eigenvalue weighted by molar-refractivity contribution is -0.120. The second-order valence-electron chi connectivity index (χ2n) is 15.7. The lowest BCUT2D eigenvalue weighted by Crippen LogP contribution is -2.63. The first kappa shape index (κ1) is 29.9. The Morgan fingerprint density at radius 2 is 1.80 bits per heavy atom. The number of fused-ring (bicyclic) bond motifs is 1. The number of nitrogens with one attached hydrogen (secondary N) is 1. The van der Waals surface area contributed by atoms with E-state index in [-0.39, 0.29) is 10.6 Å². The van der Waals surface area contributed by atoms with Crippen LogP contribution in [0.15, 0.2) is 24.7 Å². The van der Waals surface area contributed by atoms with E-state index in [1.165, 1.54) is 43.8 Å². The predicted molar refractivity (Wildman–Crippen MR) is 172 cm³/mol. The molecule has 6 rings (SSSR count). The standard InChI is InChI=1S/C32H53N3O3Si2/c1-31(2,3)40(8,9)38-32-18-23-16-25(19-32)28(26(17-23)20-32)34-29-24(11-13-36-4)21-33-30-27(29)10-12-35(30)22-37-14-15-39(5,6)7/h10-13,21,23,25-26,28H,14-20,22H2,1-9H3,(H,33,34)/b13-11-. The summed E-state index contributed by atoms with van der Waals surface area (Å²) >= 11 is 0. The van der Waals surface area contributed by atoms with E-state index in [1.54, 1.807) is 13.4 Å². The van der Waals surface area contributed by atoms with Gasteiger partial charge in [-0.25, -0.2) is 4.98 Å². The molecule has 2 aromatic rings. The van der Waals surface area contributed by atoms with Crippen molar-refractivity contribution in [2.24, 2.45) is 17.8 Å². The minimum atomic E-state index is -1.83. The van der Waals surface area contributed by atoms with Gasteiger partial charge in [0.05, 0.1) is 24.7 Å². The molecule has 2 aromatic heterocycles. The Hall–Kier alpha value is -1.62. The highest BCUT2D eigenvalue weighted by atomic mass is 28.4. The van der Waals surface area contributed by atoms with Gasteiger partial charge in [0.1, 0.15) is 12.4 Å². The SMILES string of the molecule is CO/C=C\c1cnc2c(ccn2COCC[Si](C)(C)C)c1NC1C2CC3CC1CC(O[Si](C)(C)C(C)(C)C)(C3)C2. The third-order valence-electron chi connectivity index (χ3n) is 10.2. The fourth-order valence-electron chi connectivity index (χ4n) is 7.40. The highest BCUT2D eigenvalue weighted by Gasteiger charge is 2.58. The van der Waals surface area contributed by atoms with Crippen LogP contribution in [0.2, 0.25) is 43.8 Å². The Balaban J connectivity index is 1.39. The molecular formula is C32H53N3O3Si2. The van der Waals surface area contributed by atoms with Gasteiger partial charge in [0, 0.05) is 44.1 Å². The third kappa shape index (κ3) is 6.10. The summed E-state index contributed by atoms with van der Waals surface area (Å²) in [4.78, 5) is 4.87. The van der Waals surface area contributed by atoms with Crippen molar-refractivity contribution >= 4 is 39.2 Å². The lowest BCUT2D eigenvalue weighted by Gasteiger charge is -2.62. The molecule has 0 saturated heterocycles. The Morgan fingerprint density at radius 3 is 2.42 bits per heavy atom. The van der Waals surface area contributed by atoms with Gasteiger partial charge < -0.3 is 23.8 Å². The summed E-state index contributed by atoms with van der Waals surface area (Å²) in [7, 11) is -1.25. The molecule has 2 atom stereocenters. The molecule has 6 nitrogen and oxygen atoms in total. The van der Waals surface area contributed by atoms with Gasteiger partial charge in [0.2, 0.25) is 0 Å². The Kier molecular flexibility index (Phi) is 8.14. The maximum atomic E-state index is 7.28. The molecule has 0 aromatic carbocycles. The van der Waals surface area contributed by atoms with Crippen LogP contribution in [-0.2, 0) is 20.6 Å². The van der Waals surface area contributed by atoms with Crippen molar-refractivity contribution in [3.8, 4) is 0 Å². The van der Waals surface area contributed by atoms with Crippen molar-refractivity contribution in [1.82, 2.24) is 9.55 Å². The summed E-state index contributed by atoms with van der Waals surface area (Å²) in [6, 6.07) is 3.84. The molecule has 2 heterocycles. The first-order valence-corrected chi connectivity index (χ1v) is 22.0. The molecule has 4 fully saturated rings. The number of hydrogen-bond donors (Lipinski definition) is 1. The highest BCUT2D eigenvalue weighted by molar-refractivity contribution is 6.76. The molecular weight excluding hydrogens is 531 g/mol. The van der Waals surface area contributed by atoms with E-state index < -0.39 is 16.4 Å². The van der Waals surface area contributed by atoms with E-state index in [1.807, 2.05) is 12.3 Å². The molecule has 1 N–H and O–H groups in total. The number of hydrogen-bond acceptors (Lipinski definition) is 5. The molecule has 0 radical (unpaired) electrons. The van der Waals surface area contributed by atoms with E-state index in [2.05, 4.69) is 75.7 Å². The molecule has 0 aliphatic heterocycles. The number of aromatic nitrogens is 2. The summed E-state index contributed by atoms with van der Waals surface area (Å²) in [5, 5.41) is 5.52. The van der Waals surface area contributed by atoms with Gasteiger partial charge in [-0.05, 0) is 86.2 Å². The first-order valence-electron chi connectivity index (χ1n) is 15.4. The minimum Gasteiger partial charge on any atom is -0.504 e. The van der Waals surface area contributed by atoms with E-state index in [4.69, 9.17) is 18.9 Å². The average molecular weight is 584 g/mol. The predicted octanol–water partition coefficient (Wildman–Crippen LogP) is 8.35. The molecule has 4 aliphatic rings. The Labute approximate surface area is 244 Å². The second kappa shape index (κ2) is 10.9. The summed E-state index contributed by atoms with van der Waals surface area (Å²) in [5.74, 6) is 2.09. The molecule has 8 heteroatoms. The number of methoxy groups -OCH3 is 1. The maximum Gasteiger partial charge on any atom is 0.192 e. The minimum absolute atomic E-state index is 0.0839. The van der Waals surface area contributed by atoms with Crippen molar-refractivity contribution in [1.29, 1.82) is 0 Å². The van der Waals surface area contributed by atoms with Crippen LogP contribution in [-0.4, -0.2) is 51.3 Å². The molecule has 222 valence electrons. The summed E-state index contributed by atoms with van der Waals surface area (Å²) < 4.78 is 20.8. The number of anilines is 1. The van der Waals surface area contributed by atoms with E-state index in [0.29, 0.717) is 24.6 Å². The van der Waals surface area contributed by atoms with Crippen LogP contribution in [0.1, 0.15) is 58.4 Å². The van der Waals surface area contributed by atoms with Gasteiger partial charge in [-0.15, -0.1) is 0 Å². The molecule has 2 unspecified atom stereocenters. The summed E-state index contributed by atoms with van der Waals surface area (Å²) in [6.45, 7) is 20.5. The monoisotopic (exact) mass is 583 g/mol. The van der Waals surface area contributed by atoms with Gasteiger partial charge in [-0.1, -0.05) is 40.4 Å².